The van der Waals surface area contributed by atoms with Gasteiger partial charge in [-0.3, -0.25) is 0 Å². The van der Waals surface area contributed by atoms with E-state index in [1.54, 1.807) is 0 Å². The molecule has 1 rings (SSSR count). The lowest BCUT2D eigenvalue weighted by atomic mass is 10.0. The number of halogens is 1. The molecule has 0 aliphatic heterocycles. The van der Waals surface area contributed by atoms with Crippen molar-refractivity contribution in [1.29, 1.82) is 5.26 Å². The summed E-state index contributed by atoms with van der Waals surface area (Å²) in [5.74, 6) is -0.608. The Hall–Kier alpha value is -1.95. The van der Waals surface area contributed by atoms with Crippen molar-refractivity contribution in [3.8, 4) is 6.07 Å². The molecule has 0 radical (unpaired) electrons. The van der Waals surface area contributed by atoms with Crippen LogP contribution in [0, 0.1) is 17.1 Å². The summed E-state index contributed by atoms with van der Waals surface area (Å²) < 4.78 is 19.8. The average molecular weight is 383 g/mol. The van der Waals surface area contributed by atoms with E-state index >= 15 is 0 Å². The second-order valence-corrected chi connectivity index (χ2v) is 12.6. The summed E-state index contributed by atoms with van der Waals surface area (Å²) in [4.78, 5) is 10.8. The second kappa shape index (κ2) is 8.62. The average Bonchev–Trinajstić information content (AvgIpc) is 2.50. The van der Waals surface area contributed by atoms with Gasteiger partial charge >= 0.3 is 6.09 Å². The molecule has 1 unspecified atom stereocenters. The van der Waals surface area contributed by atoms with Gasteiger partial charge in [0.25, 0.3) is 0 Å². The summed E-state index contributed by atoms with van der Waals surface area (Å²) in [6.45, 7) is 10.3. The van der Waals surface area contributed by atoms with E-state index in [0.717, 1.165) is 6.07 Å². The fraction of sp³-hybridized carbons (Fsp3) is 0.556. The third-order valence-electron chi connectivity index (χ3n) is 4.67. The first-order valence-corrected chi connectivity index (χ1v) is 11.3. The Labute approximate surface area is 154 Å². The van der Waals surface area contributed by atoms with Crippen LogP contribution < -0.4 is 5.32 Å². The van der Waals surface area contributed by atoms with Crippen LogP contribution in [-0.2, 0) is 4.43 Å². The molecule has 6 nitrogen and oxygen atoms in total. The number of aliphatic hydroxyl groups is 1. The van der Waals surface area contributed by atoms with Crippen LogP contribution in [0.1, 0.15) is 44.4 Å². The first-order chi connectivity index (χ1) is 11.9. The van der Waals surface area contributed by atoms with Gasteiger partial charge < -0.3 is 20.0 Å². The van der Waals surface area contributed by atoms with E-state index in [1.165, 1.54) is 12.1 Å². The minimum atomic E-state index is -2.21. The van der Waals surface area contributed by atoms with Gasteiger partial charge in [0.15, 0.2) is 8.32 Å². The Morgan fingerprint density at radius 2 is 2.00 bits per heavy atom. The third-order valence-corrected chi connectivity index (χ3v) is 9.20. The summed E-state index contributed by atoms with van der Waals surface area (Å²) >= 11 is 0. The molecule has 0 saturated carbocycles. The number of benzene rings is 1. The summed E-state index contributed by atoms with van der Waals surface area (Å²) in [5.41, 5.74) is 0.380. The number of nitrogens with one attached hydrogen (secondary N) is 1. The molecule has 0 spiro atoms. The van der Waals surface area contributed by atoms with Crippen LogP contribution in [-0.4, -0.2) is 37.3 Å². The van der Waals surface area contributed by atoms with Crippen LogP contribution >= 0.6 is 0 Å². The molecule has 0 saturated heterocycles. The number of carbonyl (C=O) groups is 1. The van der Waals surface area contributed by atoms with Crippen molar-refractivity contribution >= 4 is 14.4 Å². The van der Waals surface area contributed by atoms with Gasteiger partial charge in [0.05, 0.1) is 23.8 Å². The molecule has 144 valence electrons. The van der Waals surface area contributed by atoms with Crippen LogP contribution in [0.4, 0.5) is 9.18 Å². The van der Waals surface area contributed by atoms with Crippen LogP contribution in [0.3, 0.4) is 0 Å². The largest absolute Gasteiger partial charge is 0.465 e. The van der Waals surface area contributed by atoms with Gasteiger partial charge in [0.2, 0.25) is 0 Å². The second-order valence-electron chi connectivity index (χ2n) is 7.82. The van der Waals surface area contributed by atoms with Gasteiger partial charge in [-0.15, -0.1) is 0 Å². The molecule has 1 aromatic rings. The number of aliphatic hydroxyl groups excluding tert-OH is 1. The lowest BCUT2D eigenvalue weighted by molar-refractivity contribution is 0.0846. The summed E-state index contributed by atoms with van der Waals surface area (Å²) in [7, 11) is -2.21. The van der Waals surface area contributed by atoms with E-state index in [1.807, 2.05) is 19.2 Å². The highest BCUT2D eigenvalue weighted by molar-refractivity contribution is 6.74. The maximum Gasteiger partial charge on any atom is 0.404 e. The zero-order chi connectivity index (χ0) is 20.1. The summed E-state index contributed by atoms with van der Waals surface area (Å²) in [6, 6.07) is 5.52. The molecule has 0 aromatic heterocycles. The lowest BCUT2D eigenvalue weighted by Gasteiger charge is -2.39. The van der Waals surface area contributed by atoms with E-state index in [0.29, 0.717) is 0 Å². The third kappa shape index (κ3) is 6.41. The minimum absolute atomic E-state index is 0.0132. The topological polar surface area (TPSA) is 103 Å². The van der Waals surface area contributed by atoms with E-state index in [9.17, 15) is 14.3 Å². The fourth-order valence-corrected chi connectivity index (χ4v) is 3.59. The lowest BCUT2D eigenvalue weighted by Crippen LogP contribution is -2.47. The SMILES string of the molecule is CC(C)(C)[Si](C)(C)O[C@H](CNC(=O)O)CC(O)c1cc(F)cc(C#N)c1. The van der Waals surface area contributed by atoms with Crippen molar-refractivity contribution < 1.29 is 23.8 Å². The number of hydrogen-bond donors (Lipinski definition) is 3. The van der Waals surface area contributed by atoms with Crippen LogP contribution in [0.25, 0.3) is 0 Å². The Balaban J connectivity index is 2.99. The number of nitriles is 1. The number of rotatable bonds is 7. The monoisotopic (exact) mass is 382 g/mol. The van der Waals surface area contributed by atoms with Crippen LogP contribution in [0.15, 0.2) is 18.2 Å². The van der Waals surface area contributed by atoms with E-state index in [-0.39, 0.29) is 29.1 Å². The molecule has 0 heterocycles. The standard InChI is InChI=1S/C18H27FN2O4Si/c1-18(2,3)26(4,5)25-15(11-21-17(23)24)9-16(22)13-6-12(10-20)7-14(19)8-13/h6-8,15-16,21-22H,9,11H2,1-5H3,(H,23,24)/t15-,16?/m0/s1. The molecular formula is C18H27FN2O4Si. The van der Waals surface area contributed by atoms with Gasteiger partial charge in [-0.25, -0.2) is 9.18 Å². The summed E-state index contributed by atoms with van der Waals surface area (Å²) in [6.07, 6.45) is -2.75. The predicted molar refractivity (Wildman–Crippen MR) is 98.8 cm³/mol. The smallest absolute Gasteiger partial charge is 0.404 e. The minimum Gasteiger partial charge on any atom is -0.465 e. The predicted octanol–water partition coefficient (Wildman–Crippen LogP) is 3.78. The first-order valence-electron chi connectivity index (χ1n) is 8.39. The van der Waals surface area contributed by atoms with E-state index in [4.69, 9.17) is 14.8 Å². The zero-order valence-electron chi connectivity index (χ0n) is 15.8. The Morgan fingerprint density at radius 1 is 1.38 bits per heavy atom. The van der Waals surface area contributed by atoms with Crippen LogP contribution in [0.5, 0.6) is 0 Å². The molecule has 0 aliphatic carbocycles. The van der Waals surface area contributed by atoms with Crippen molar-refractivity contribution in [1.82, 2.24) is 5.32 Å². The maximum absolute atomic E-state index is 13.6. The molecule has 26 heavy (non-hydrogen) atoms. The molecule has 1 aromatic carbocycles. The van der Waals surface area contributed by atoms with Crippen molar-refractivity contribution in [2.45, 2.75) is 57.5 Å². The Kier molecular flexibility index (Phi) is 7.32. The zero-order valence-corrected chi connectivity index (χ0v) is 16.8. The van der Waals surface area contributed by atoms with Crippen LogP contribution in [0.2, 0.25) is 18.1 Å². The van der Waals surface area contributed by atoms with Gasteiger partial charge in [-0.05, 0) is 41.9 Å². The van der Waals surface area contributed by atoms with Gasteiger partial charge in [-0.1, -0.05) is 20.8 Å². The first kappa shape index (κ1) is 22.1. The molecule has 0 bridgehead atoms. The molecule has 0 aliphatic rings. The van der Waals surface area contributed by atoms with Gasteiger partial charge in [-0.2, -0.15) is 5.26 Å². The maximum atomic E-state index is 13.6. The summed E-state index contributed by atoms with van der Waals surface area (Å²) in [5, 5.41) is 30.5. The number of carboxylic acid groups (broad SMARTS) is 1. The molecule has 0 fully saturated rings. The van der Waals surface area contributed by atoms with E-state index < -0.39 is 32.4 Å². The highest BCUT2D eigenvalue weighted by Gasteiger charge is 2.39. The number of nitrogens with zero attached hydrogens (tertiary/aromatic N) is 1. The van der Waals surface area contributed by atoms with Crippen molar-refractivity contribution in [3.63, 3.8) is 0 Å². The molecule has 1 amide bonds. The number of hydrogen-bond acceptors (Lipinski definition) is 4. The number of amides is 1. The quantitative estimate of drug-likeness (QED) is 0.623. The van der Waals surface area contributed by atoms with Gasteiger partial charge in [0.1, 0.15) is 5.82 Å². The van der Waals surface area contributed by atoms with Crippen molar-refractivity contribution in [3.05, 3.63) is 35.1 Å². The normalized spacial score (nSPS) is 14.4. The highest BCUT2D eigenvalue weighted by atomic mass is 28.4. The van der Waals surface area contributed by atoms with Crippen molar-refractivity contribution in [2.24, 2.45) is 0 Å². The Bertz CT molecular complexity index is 683. The van der Waals surface area contributed by atoms with E-state index in [2.05, 4.69) is 26.1 Å². The molecule has 3 N–H and O–H groups in total. The molecule has 2 atom stereocenters. The Morgan fingerprint density at radius 3 is 2.50 bits per heavy atom. The molecular weight excluding hydrogens is 355 g/mol. The van der Waals surface area contributed by atoms with Crippen molar-refractivity contribution in [2.75, 3.05) is 6.54 Å². The fourth-order valence-electron chi connectivity index (χ4n) is 2.22. The highest BCUT2D eigenvalue weighted by Crippen LogP contribution is 2.38. The molecule has 8 heteroatoms. The van der Waals surface area contributed by atoms with Gasteiger partial charge in [0, 0.05) is 13.0 Å².